The van der Waals surface area contributed by atoms with Gasteiger partial charge in [-0.3, -0.25) is 4.79 Å². The van der Waals surface area contributed by atoms with E-state index in [4.69, 9.17) is 4.74 Å². The summed E-state index contributed by atoms with van der Waals surface area (Å²) in [5.74, 6) is 0.856. The SMILES string of the molecule is COc1cccc(CN(C(=O)C2=C(c3ccc(CCCN(C)c4cccc(F)c4C)cc3)CC3CNC[C@H]2N3)C2CC2)c1C. The molecule has 3 aliphatic rings. The summed E-state index contributed by atoms with van der Waals surface area (Å²) in [5.41, 5.74) is 8.39. The second-order valence-corrected chi connectivity index (χ2v) is 12.7. The van der Waals surface area contributed by atoms with E-state index >= 15 is 0 Å². The number of carbonyl (C=O) groups is 1. The first kappa shape index (κ1) is 30.4. The van der Waals surface area contributed by atoms with Crippen LogP contribution in [0.25, 0.3) is 5.57 Å². The summed E-state index contributed by atoms with van der Waals surface area (Å²) in [6.45, 7) is 7.02. The quantitative estimate of drug-likeness (QED) is 0.293. The van der Waals surface area contributed by atoms with Crippen LogP contribution in [-0.2, 0) is 17.8 Å². The van der Waals surface area contributed by atoms with Crippen molar-refractivity contribution < 1.29 is 13.9 Å². The summed E-state index contributed by atoms with van der Waals surface area (Å²) in [6.07, 6.45) is 4.85. The molecule has 2 heterocycles. The predicted octanol–water partition coefficient (Wildman–Crippen LogP) is 5.80. The van der Waals surface area contributed by atoms with E-state index in [1.54, 1.807) is 13.2 Å². The maximum absolute atomic E-state index is 14.5. The second-order valence-electron chi connectivity index (χ2n) is 12.7. The number of fused-ring (bicyclic) bond motifs is 2. The Hall–Kier alpha value is -3.68. The van der Waals surface area contributed by atoms with E-state index in [1.165, 1.54) is 17.2 Å². The molecule has 44 heavy (non-hydrogen) atoms. The monoisotopic (exact) mass is 596 g/mol. The number of anilines is 1. The van der Waals surface area contributed by atoms with E-state index in [2.05, 4.69) is 57.7 Å². The summed E-state index contributed by atoms with van der Waals surface area (Å²) in [6, 6.07) is 20.8. The topological polar surface area (TPSA) is 56.8 Å². The van der Waals surface area contributed by atoms with Crippen LogP contribution in [0.5, 0.6) is 5.75 Å². The minimum atomic E-state index is -0.161. The van der Waals surface area contributed by atoms with Gasteiger partial charge in [-0.1, -0.05) is 42.5 Å². The van der Waals surface area contributed by atoms with E-state index in [9.17, 15) is 9.18 Å². The summed E-state index contributed by atoms with van der Waals surface area (Å²) < 4.78 is 19.6. The van der Waals surface area contributed by atoms with Crippen LogP contribution in [-0.4, -0.2) is 62.7 Å². The van der Waals surface area contributed by atoms with Crippen molar-refractivity contribution in [1.29, 1.82) is 0 Å². The first-order valence-corrected chi connectivity index (χ1v) is 16.0. The van der Waals surface area contributed by atoms with Crippen LogP contribution < -0.4 is 20.3 Å². The Morgan fingerprint density at radius 1 is 1.00 bits per heavy atom. The number of hydrogen-bond acceptors (Lipinski definition) is 5. The molecule has 7 heteroatoms. The van der Waals surface area contributed by atoms with Gasteiger partial charge in [0.05, 0.1) is 13.2 Å². The van der Waals surface area contributed by atoms with Crippen LogP contribution in [0, 0.1) is 19.7 Å². The molecule has 1 saturated heterocycles. The molecule has 0 spiro atoms. The Morgan fingerprint density at radius 2 is 1.77 bits per heavy atom. The number of methoxy groups -OCH3 is 1. The maximum atomic E-state index is 14.5. The molecule has 2 N–H and O–H groups in total. The number of piperazine rings is 1. The molecule has 1 unspecified atom stereocenters. The fraction of sp³-hybridized carbons (Fsp3) is 0.432. The Morgan fingerprint density at radius 3 is 2.52 bits per heavy atom. The molecule has 6 rings (SSSR count). The minimum Gasteiger partial charge on any atom is -0.496 e. The molecule has 1 saturated carbocycles. The number of rotatable bonds is 11. The van der Waals surface area contributed by atoms with Gasteiger partial charge >= 0.3 is 0 Å². The van der Waals surface area contributed by atoms with E-state index in [-0.39, 0.29) is 23.8 Å². The molecule has 2 fully saturated rings. The van der Waals surface area contributed by atoms with Crippen LogP contribution in [0.4, 0.5) is 10.1 Å². The number of aryl methyl sites for hydroxylation is 1. The van der Waals surface area contributed by atoms with Crippen molar-refractivity contribution in [2.24, 2.45) is 0 Å². The lowest BCUT2D eigenvalue weighted by Gasteiger charge is -2.41. The Kier molecular flexibility index (Phi) is 9.06. The van der Waals surface area contributed by atoms with Crippen LogP contribution in [0.15, 0.2) is 66.2 Å². The van der Waals surface area contributed by atoms with Crippen molar-refractivity contribution in [2.75, 3.05) is 38.7 Å². The fourth-order valence-electron chi connectivity index (χ4n) is 6.91. The van der Waals surface area contributed by atoms with Gasteiger partial charge in [-0.05, 0) is 92.0 Å². The molecular formula is C37H45FN4O2. The lowest BCUT2D eigenvalue weighted by molar-refractivity contribution is -0.128. The molecule has 2 bridgehead atoms. The van der Waals surface area contributed by atoms with Gasteiger partial charge in [0.25, 0.3) is 5.91 Å². The lowest BCUT2D eigenvalue weighted by Crippen LogP contribution is -2.60. The summed E-state index contributed by atoms with van der Waals surface area (Å²) in [5, 5.41) is 7.30. The first-order valence-electron chi connectivity index (χ1n) is 16.0. The number of nitrogens with one attached hydrogen (secondary N) is 2. The summed E-state index contributed by atoms with van der Waals surface area (Å²) in [7, 11) is 3.73. The van der Waals surface area contributed by atoms with Gasteiger partial charge < -0.3 is 25.2 Å². The molecule has 3 aromatic rings. The molecule has 1 aliphatic carbocycles. The zero-order chi connectivity index (χ0) is 30.8. The second kappa shape index (κ2) is 13.1. The molecule has 232 valence electrons. The van der Waals surface area contributed by atoms with Gasteiger partial charge in [0.2, 0.25) is 0 Å². The predicted molar refractivity (Wildman–Crippen MR) is 176 cm³/mol. The molecule has 0 radical (unpaired) electrons. The van der Waals surface area contributed by atoms with Crippen molar-refractivity contribution in [3.8, 4) is 5.75 Å². The van der Waals surface area contributed by atoms with Gasteiger partial charge in [-0.2, -0.15) is 0 Å². The van der Waals surface area contributed by atoms with Gasteiger partial charge in [-0.15, -0.1) is 0 Å². The third-order valence-corrected chi connectivity index (χ3v) is 9.65. The standard InChI is InChI=1S/C37H45FN4O2/c1-24-28(9-5-12-35(24)44-4)23-42(30-17-18-30)37(43)36-31(20-29-21-39-22-33(36)40-29)27-15-13-26(14-16-27)8-7-19-41(3)34-11-6-10-32(38)25(34)2/h5-6,9-16,29-30,33,39-40H,7-8,17-23H2,1-4H3/t29?,33-/m1/s1. The molecule has 2 aliphatic heterocycles. The van der Waals surface area contributed by atoms with Crippen molar-refractivity contribution >= 4 is 17.2 Å². The number of hydrogen-bond donors (Lipinski definition) is 2. The Balaban J connectivity index is 1.21. The third kappa shape index (κ3) is 6.40. The number of halogens is 1. The van der Waals surface area contributed by atoms with Crippen molar-refractivity contribution in [3.63, 3.8) is 0 Å². The highest BCUT2D eigenvalue weighted by atomic mass is 19.1. The molecule has 6 nitrogen and oxygen atoms in total. The third-order valence-electron chi connectivity index (χ3n) is 9.65. The molecule has 3 aromatic carbocycles. The summed E-state index contributed by atoms with van der Waals surface area (Å²) >= 11 is 0. The van der Waals surface area contributed by atoms with Crippen molar-refractivity contribution in [2.45, 2.75) is 70.6 Å². The van der Waals surface area contributed by atoms with E-state index in [1.807, 2.05) is 32.2 Å². The van der Waals surface area contributed by atoms with Crippen molar-refractivity contribution in [3.05, 3.63) is 99.9 Å². The number of amides is 1. The molecule has 1 amide bonds. The largest absolute Gasteiger partial charge is 0.496 e. The highest BCUT2D eigenvalue weighted by molar-refractivity contribution is 6.03. The number of ether oxygens (including phenoxy) is 1. The highest BCUT2D eigenvalue weighted by Gasteiger charge is 2.41. The molecule has 0 aromatic heterocycles. The van der Waals surface area contributed by atoms with Gasteiger partial charge in [0.1, 0.15) is 11.6 Å². The Labute approximate surface area is 261 Å². The minimum absolute atomic E-state index is 0.000787. The van der Waals surface area contributed by atoms with E-state index < -0.39 is 0 Å². The molecule has 2 atom stereocenters. The van der Waals surface area contributed by atoms with Crippen LogP contribution in [0.1, 0.15) is 53.5 Å². The maximum Gasteiger partial charge on any atom is 0.252 e. The Bertz CT molecular complexity index is 1530. The summed E-state index contributed by atoms with van der Waals surface area (Å²) in [4.78, 5) is 18.8. The average molecular weight is 597 g/mol. The van der Waals surface area contributed by atoms with Gasteiger partial charge in [-0.25, -0.2) is 4.39 Å². The average Bonchev–Trinajstić information content (AvgIpc) is 3.87. The number of nitrogens with zero attached hydrogens (tertiary/aromatic N) is 2. The van der Waals surface area contributed by atoms with E-state index in [0.29, 0.717) is 18.2 Å². The number of carbonyl (C=O) groups excluding carboxylic acids is 1. The number of benzene rings is 3. The van der Waals surface area contributed by atoms with Crippen molar-refractivity contribution in [1.82, 2.24) is 15.5 Å². The van der Waals surface area contributed by atoms with Crippen LogP contribution in [0.2, 0.25) is 0 Å². The van der Waals surface area contributed by atoms with Crippen LogP contribution in [0.3, 0.4) is 0 Å². The normalized spacial score (nSPS) is 19.6. The fourth-order valence-corrected chi connectivity index (χ4v) is 6.91. The van der Waals surface area contributed by atoms with Gasteiger partial charge in [0, 0.05) is 62.1 Å². The highest BCUT2D eigenvalue weighted by Crippen LogP contribution is 2.37. The smallest absolute Gasteiger partial charge is 0.252 e. The zero-order valence-corrected chi connectivity index (χ0v) is 26.5. The zero-order valence-electron chi connectivity index (χ0n) is 26.5. The molecular weight excluding hydrogens is 551 g/mol. The first-order chi connectivity index (χ1) is 21.3. The lowest BCUT2D eigenvalue weighted by atomic mass is 9.83. The van der Waals surface area contributed by atoms with E-state index in [0.717, 1.165) is 85.4 Å². The van der Waals surface area contributed by atoms with Gasteiger partial charge in [0.15, 0.2) is 0 Å². The van der Waals surface area contributed by atoms with Crippen LogP contribution >= 0.6 is 0 Å².